The first kappa shape index (κ1) is 21.5. The van der Waals surface area contributed by atoms with E-state index in [1.807, 2.05) is 71.6 Å². The molecule has 3 aromatic carbocycles. The smallest absolute Gasteiger partial charge is 0.186 e. The van der Waals surface area contributed by atoms with E-state index in [2.05, 4.69) is 28.1 Å². The average molecular weight is 515 g/mol. The van der Waals surface area contributed by atoms with Gasteiger partial charge in [-0.25, -0.2) is 0 Å². The van der Waals surface area contributed by atoms with Crippen LogP contribution in [0.15, 0.2) is 83.3 Å². The van der Waals surface area contributed by atoms with Crippen LogP contribution in [0.25, 0.3) is 6.08 Å². The van der Waals surface area contributed by atoms with Crippen molar-refractivity contribution >= 4 is 45.1 Å². The van der Waals surface area contributed by atoms with Crippen LogP contribution in [0.4, 0.5) is 5.69 Å². The van der Waals surface area contributed by atoms with Gasteiger partial charge >= 0.3 is 0 Å². The summed E-state index contributed by atoms with van der Waals surface area (Å²) in [5, 5.41) is 21.4. The average Bonchev–Trinajstić information content (AvgIpc) is 3.14. The predicted molar refractivity (Wildman–Crippen MR) is 132 cm³/mol. The molecule has 2 heterocycles. The summed E-state index contributed by atoms with van der Waals surface area (Å²) in [5.74, 6) is -0.796. The third-order valence-corrected chi connectivity index (χ3v) is 7.23. The molecule has 2 aliphatic rings. The molecule has 0 amide bonds. The number of nitrogens with zero attached hydrogens (tertiary/aromatic N) is 3. The number of nitriles is 2. The van der Waals surface area contributed by atoms with Crippen LogP contribution >= 0.6 is 27.5 Å². The van der Waals surface area contributed by atoms with E-state index in [0.29, 0.717) is 10.6 Å². The molecule has 2 aliphatic heterocycles. The van der Waals surface area contributed by atoms with Crippen molar-refractivity contribution in [1.82, 2.24) is 0 Å². The second-order valence-corrected chi connectivity index (χ2v) is 9.57. The van der Waals surface area contributed by atoms with Gasteiger partial charge in [-0.2, -0.15) is 10.5 Å². The van der Waals surface area contributed by atoms with Gasteiger partial charge in [-0.05, 0) is 41.5 Å². The van der Waals surface area contributed by atoms with Crippen LogP contribution in [-0.4, -0.2) is 17.9 Å². The molecular formula is C27H17BrClN3O. The van der Waals surface area contributed by atoms with E-state index < -0.39 is 23.4 Å². The quantitative estimate of drug-likeness (QED) is 0.380. The van der Waals surface area contributed by atoms with E-state index in [0.717, 1.165) is 21.3 Å². The lowest BCUT2D eigenvalue weighted by Crippen LogP contribution is -2.44. The summed E-state index contributed by atoms with van der Waals surface area (Å²) >= 11 is 9.69. The number of carbonyl (C=O) groups is 1. The van der Waals surface area contributed by atoms with Crippen LogP contribution < -0.4 is 4.90 Å². The molecular weight excluding hydrogens is 498 g/mol. The van der Waals surface area contributed by atoms with Gasteiger partial charge in [0.25, 0.3) is 0 Å². The van der Waals surface area contributed by atoms with Gasteiger partial charge in [0, 0.05) is 26.7 Å². The van der Waals surface area contributed by atoms with Gasteiger partial charge in [-0.15, -0.1) is 0 Å². The summed E-state index contributed by atoms with van der Waals surface area (Å²) in [6, 6.07) is 25.4. The van der Waals surface area contributed by atoms with Crippen LogP contribution in [0.1, 0.15) is 27.4 Å². The van der Waals surface area contributed by atoms with Gasteiger partial charge in [0.15, 0.2) is 11.2 Å². The van der Waals surface area contributed by atoms with Crippen molar-refractivity contribution in [3.8, 4) is 12.1 Å². The van der Waals surface area contributed by atoms with Crippen LogP contribution in [0.3, 0.4) is 0 Å². The summed E-state index contributed by atoms with van der Waals surface area (Å²) in [4.78, 5) is 16.0. The van der Waals surface area contributed by atoms with E-state index in [1.165, 1.54) is 0 Å². The molecule has 0 N–H and O–H groups in total. The molecule has 4 nitrogen and oxygen atoms in total. The van der Waals surface area contributed by atoms with Gasteiger partial charge in [0.05, 0.1) is 18.2 Å². The van der Waals surface area contributed by atoms with Crippen molar-refractivity contribution in [2.75, 3.05) is 4.90 Å². The maximum Gasteiger partial charge on any atom is 0.186 e. The number of rotatable bonds is 3. The fraction of sp³-hybridized carbons (Fsp3) is 0.148. The zero-order chi connectivity index (χ0) is 23.2. The van der Waals surface area contributed by atoms with Crippen LogP contribution in [-0.2, 0) is 0 Å². The molecule has 0 saturated carbocycles. The second-order valence-electron chi connectivity index (χ2n) is 8.21. The number of hydrogen-bond donors (Lipinski definition) is 0. The van der Waals surface area contributed by atoms with Gasteiger partial charge in [-0.1, -0.05) is 82.1 Å². The number of Topliss-reactive ketones (excluding diaryl/α,β-unsaturated/α-hetero) is 1. The lowest BCUT2D eigenvalue weighted by atomic mass is 9.69. The zero-order valence-electron chi connectivity index (χ0n) is 17.3. The number of ketones is 1. The lowest BCUT2D eigenvalue weighted by molar-refractivity contribution is 0.0951. The van der Waals surface area contributed by atoms with Crippen LogP contribution in [0, 0.1) is 28.1 Å². The van der Waals surface area contributed by atoms with Gasteiger partial charge in [-0.3, -0.25) is 4.79 Å². The van der Waals surface area contributed by atoms with Crippen molar-refractivity contribution < 1.29 is 4.79 Å². The zero-order valence-corrected chi connectivity index (χ0v) is 19.7. The largest absolute Gasteiger partial charge is 0.351 e. The Bertz CT molecular complexity index is 1360. The molecule has 1 fully saturated rings. The Kier molecular flexibility index (Phi) is 5.33. The maximum atomic E-state index is 14.1. The molecule has 1 saturated heterocycles. The Balaban J connectivity index is 1.79. The monoisotopic (exact) mass is 513 g/mol. The standard InChI is InChI=1S/C27H17BrClN3O/c28-20-8-4-7-19(13-20)26(33)25-24(17-5-2-1-3-6-17)27(15-30,16-31)23-12-9-18-14-21(29)10-11-22(18)32(23)25/h1-14,23-25H/t23-,24+,25+/m1/s1. The van der Waals surface area contributed by atoms with Gasteiger partial charge in [0.2, 0.25) is 0 Å². The Labute approximate surface area is 205 Å². The highest BCUT2D eigenvalue weighted by molar-refractivity contribution is 9.10. The molecule has 0 spiro atoms. The first-order valence-electron chi connectivity index (χ1n) is 10.4. The van der Waals surface area contributed by atoms with Crippen molar-refractivity contribution in [2.24, 2.45) is 5.41 Å². The predicted octanol–water partition coefficient (Wildman–Crippen LogP) is 6.39. The van der Waals surface area contributed by atoms with Crippen LogP contribution in [0.2, 0.25) is 5.02 Å². The Morgan fingerprint density at radius 1 is 1.00 bits per heavy atom. The van der Waals surface area contributed by atoms with E-state index >= 15 is 0 Å². The maximum absolute atomic E-state index is 14.1. The molecule has 160 valence electrons. The fourth-order valence-corrected chi connectivity index (χ4v) is 5.69. The summed E-state index contributed by atoms with van der Waals surface area (Å²) in [5.41, 5.74) is 1.48. The molecule has 5 rings (SSSR count). The Hall–Kier alpha value is -3.38. The topological polar surface area (TPSA) is 67.9 Å². The highest BCUT2D eigenvalue weighted by atomic mass is 79.9. The molecule has 3 aromatic rings. The van der Waals surface area contributed by atoms with Gasteiger partial charge < -0.3 is 4.90 Å². The number of halogens is 2. The first-order chi connectivity index (χ1) is 16.0. The lowest BCUT2D eigenvalue weighted by Gasteiger charge is -2.35. The van der Waals surface area contributed by atoms with Crippen molar-refractivity contribution in [2.45, 2.75) is 18.0 Å². The number of carbonyl (C=O) groups excluding carboxylic acids is 1. The summed E-state index contributed by atoms with van der Waals surface area (Å²) in [6.45, 7) is 0. The number of fused-ring (bicyclic) bond motifs is 3. The normalized spacial score (nSPS) is 22.1. The minimum absolute atomic E-state index is 0.140. The minimum atomic E-state index is -1.46. The molecule has 0 aromatic heterocycles. The first-order valence-corrected chi connectivity index (χ1v) is 11.6. The van der Waals surface area contributed by atoms with E-state index in [4.69, 9.17) is 11.6 Å². The Morgan fingerprint density at radius 3 is 2.45 bits per heavy atom. The highest BCUT2D eigenvalue weighted by Gasteiger charge is 2.63. The van der Waals surface area contributed by atoms with Crippen molar-refractivity contribution in [3.63, 3.8) is 0 Å². The molecule has 3 atom stereocenters. The molecule has 33 heavy (non-hydrogen) atoms. The van der Waals surface area contributed by atoms with E-state index in [9.17, 15) is 15.3 Å². The number of hydrogen-bond acceptors (Lipinski definition) is 4. The molecule has 0 radical (unpaired) electrons. The molecule has 0 aliphatic carbocycles. The van der Waals surface area contributed by atoms with Gasteiger partial charge in [0.1, 0.15) is 6.04 Å². The fourth-order valence-electron chi connectivity index (χ4n) is 5.11. The second kappa shape index (κ2) is 8.19. The molecule has 0 bridgehead atoms. The SMILES string of the molecule is N#CC1(C#N)[C@@H](c2ccccc2)[C@@H](C(=O)c2cccc(Br)c2)N2c3ccc(Cl)cc3C=C[C@@H]21. The highest BCUT2D eigenvalue weighted by Crippen LogP contribution is 2.55. The van der Waals surface area contributed by atoms with Crippen LogP contribution in [0.5, 0.6) is 0 Å². The minimum Gasteiger partial charge on any atom is -0.351 e. The summed E-state index contributed by atoms with van der Waals surface area (Å²) in [6.07, 6.45) is 3.75. The summed E-state index contributed by atoms with van der Waals surface area (Å²) in [7, 11) is 0. The number of anilines is 1. The molecule has 6 heteroatoms. The van der Waals surface area contributed by atoms with E-state index in [-0.39, 0.29) is 5.78 Å². The van der Waals surface area contributed by atoms with E-state index in [1.54, 1.807) is 18.2 Å². The van der Waals surface area contributed by atoms with Crippen molar-refractivity contribution in [1.29, 1.82) is 10.5 Å². The third-order valence-electron chi connectivity index (χ3n) is 6.50. The number of benzene rings is 3. The third kappa shape index (κ3) is 3.28. The Morgan fingerprint density at radius 2 is 1.76 bits per heavy atom. The summed E-state index contributed by atoms with van der Waals surface area (Å²) < 4.78 is 0.789. The molecule has 0 unspecified atom stereocenters. The van der Waals surface area contributed by atoms with Crippen molar-refractivity contribution in [3.05, 3.63) is 105 Å².